The van der Waals surface area contributed by atoms with E-state index < -0.39 is 5.82 Å². The van der Waals surface area contributed by atoms with E-state index in [2.05, 4.69) is 23.9 Å². The number of aromatic nitrogens is 3. The van der Waals surface area contributed by atoms with Crippen LogP contribution in [0.1, 0.15) is 19.7 Å². The minimum Gasteiger partial charge on any atom is -0.486 e. The molecule has 0 spiro atoms. The average Bonchev–Trinajstić information content (AvgIpc) is 2.77. The Balaban J connectivity index is 2.02. The van der Waals surface area contributed by atoms with Gasteiger partial charge in [0.05, 0.1) is 5.69 Å². The summed E-state index contributed by atoms with van der Waals surface area (Å²) in [7, 11) is 0. The van der Waals surface area contributed by atoms with Crippen molar-refractivity contribution in [1.29, 1.82) is 0 Å². The highest BCUT2D eigenvalue weighted by Crippen LogP contribution is 2.18. The molecule has 5 nitrogen and oxygen atoms in total. The molecule has 0 atom stereocenters. The van der Waals surface area contributed by atoms with Gasteiger partial charge in [0.15, 0.2) is 5.82 Å². The number of ether oxygens (including phenoxy) is 1. The van der Waals surface area contributed by atoms with Crippen molar-refractivity contribution >= 4 is 5.69 Å². The molecule has 2 rings (SSSR count). The highest BCUT2D eigenvalue weighted by atomic mass is 19.1. The molecule has 2 aromatic rings. The molecule has 0 radical (unpaired) electrons. The van der Waals surface area contributed by atoms with Crippen LogP contribution in [0, 0.1) is 11.7 Å². The Morgan fingerprint density at radius 1 is 1.42 bits per heavy atom. The lowest BCUT2D eigenvalue weighted by atomic mass is 10.2. The summed E-state index contributed by atoms with van der Waals surface area (Å²) in [5.41, 5.74) is 5.51. The van der Waals surface area contributed by atoms with E-state index in [1.165, 1.54) is 18.5 Å². The first kappa shape index (κ1) is 13.3. The Hall–Kier alpha value is -2.11. The normalized spacial score (nSPS) is 10.9. The van der Waals surface area contributed by atoms with Gasteiger partial charge in [0.1, 0.15) is 24.5 Å². The molecule has 6 heteroatoms. The minimum atomic E-state index is -0.485. The fraction of sp³-hybridized carbons (Fsp3) is 0.385. The van der Waals surface area contributed by atoms with Gasteiger partial charge in [0.25, 0.3) is 0 Å². The topological polar surface area (TPSA) is 66.0 Å². The third-order valence-corrected chi connectivity index (χ3v) is 2.57. The molecule has 1 aromatic heterocycles. The van der Waals surface area contributed by atoms with E-state index in [0.29, 0.717) is 17.5 Å². The highest BCUT2D eigenvalue weighted by Gasteiger charge is 2.08. The van der Waals surface area contributed by atoms with Crippen molar-refractivity contribution in [2.75, 3.05) is 5.73 Å². The summed E-state index contributed by atoms with van der Waals surface area (Å²) >= 11 is 0. The fourth-order valence-corrected chi connectivity index (χ4v) is 1.64. The standard InChI is InChI=1S/C13H17FN4O/c1-9(2)6-18-13(16-8-17-18)7-19-10-3-4-12(15)11(14)5-10/h3-5,8-9H,6-7,15H2,1-2H3. The molecule has 0 amide bonds. The van der Waals surface area contributed by atoms with E-state index in [9.17, 15) is 4.39 Å². The zero-order valence-corrected chi connectivity index (χ0v) is 11.0. The van der Waals surface area contributed by atoms with Crippen molar-refractivity contribution in [1.82, 2.24) is 14.8 Å². The van der Waals surface area contributed by atoms with Gasteiger partial charge in [-0.3, -0.25) is 0 Å². The number of nitrogen functional groups attached to an aromatic ring is 1. The van der Waals surface area contributed by atoms with Crippen LogP contribution in [0.2, 0.25) is 0 Å². The smallest absolute Gasteiger partial charge is 0.164 e. The minimum absolute atomic E-state index is 0.107. The molecule has 19 heavy (non-hydrogen) atoms. The van der Waals surface area contributed by atoms with Crippen LogP contribution in [-0.4, -0.2) is 14.8 Å². The summed E-state index contributed by atoms with van der Waals surface area (Å²) in [6.07, 6.45) is 1.49. The Morgan fingerprint density at radius 2 is 2.21 bits per heavy atom. The number of rotatable bonds is 5. The SMILES string of the molecule is CC(C)Cn1ncnc1COc1ccc(N)c(F)c1. The highest BCUT2D eigenvalue weighted by molar-refractivity contribution is 5.43. The molecule has 0 aliphatic heterocycles. The maximum Gasteiger partial charge on any atom is 0.164 e. The average molecular weight is 264 g/mol. The van der Waals surface area contributed by atoms with Crippen LogP contribution in [0.3, 0.4) is 0 Å². The molecule has 0 unspecified atom stereocenters. The van der Waals surface area contributed by atoms with Crippen LogP contribution in [-0.2, 0) is 13.2 Å². The summed E-state index contributed by atoms with van der Waals surface area (Å²) < 4.78 is 20.5. The first-order valence-corrected chi connectivity index (χ1v) is 6.10. The first-order chi connectivity index (χ1) is 9.06. The van der Waals surface area contributed by atoms with Crippen molar-refractivity contribution in [3.05, 3.63) is 36.2 Å². The second-order valence-electron chi connectivity index (χ2n) is 4.72. The molecular weight excluding hydrogens is 247 g/mol. The second kappa shape index (κ2) is 5.69. The molecule has 0 fully saturated rings. The van der Waals surface area contributed by atoms with Crippen LogP contribution < -0.4 is 10.5 Å². The number of nitrogens with zero attached hydrogens (tertiary/aromatic N) is 3. The summed E-state index contributed by atoms with van der Waals surface area (Å²) in [5.74, 6) is 1.12. The molecule has 1 aromatic carbocycles. The van der Waals surface area contributed by atoms with Crippen molar-refractivity contribution in [3.8, 4) is 5.75 Å². The molecular formula is C13H17FN4O. The molecule has 1 heterocycles. The molecule has 0 saturated heterocycles. The van der Waals surface area contributed by atoms with Gasteiger partial charge in [-0.15, -0.1) is 0 Å². The van der Waals surface area contributed by atoms with Crippen LogP contribution >= 0.6 is 0 Å². The number of halogens is 1. The van der Waals surface area contributed by atoms with Gasteiger partial charge < -0.3 is 10.5 Å². The van der Waals surface area contributed by atoms with E-state index in [1.54, 1.807) is 10.7 Å². The van der Waals surface area contributed by atoms with Gasteiger partial charge in [-0.25, -0.2) is 14.1 Å². The molecule has 0 aliphatic rings. The van der Waals surface area contributed by atoms with Crippen molar-refractivity contribution in [2.24, 2.45) is 5.92 Å². The van der Waals surface area contributed by atoms with Crippen molar-refractivity contribution in [3.63, 3.8) is 0 Å². The maximum atomic E-state index is 13.3. The van der Waals surface area contributed by atoms with E-state index in [1.807, 2.05) is 0 Å². The number of hydrogen-bond acceptors (Lipinski definition) is 4. The van der Waals surface area contributed by atoms with E-state index in [-0.39, 0.29) is 12.3 Å². The second-order valence-corrected chi connectivity index (χ2v) is 4.72. The van der Waals surface area contributed by atoms with Gasteiger partial charge in [0.2, 0.25) is 0 Å². The Bertz CT molecular complexity index is 553. The van der Waals surface area contributed by atoms with Gasteiger partial charge >= 0.3 is 0 Å². The molecule has 0 aliphatic carbocycles. The number of nitrogens with two attached hydrogens (primary N) is 1. The van der Waals surface area contributed by atoms with Crippen LogP contribution in [0.25, 0.3) is 0 Å². The quantitative estimate of drug-likeness (QED) is 0.841. The van der Waals surface area contributed by atoms with Gasteiger partial charge in [-0.2, -0.15) is 5.10 Å². The van der Waals surface area contributed by atoms with E-state index >= 15 is 0 Å². The third kappa shape index (κ3) is 3.43. The predicted molar refractivity (Wildman–Crippen MR) is 70.0 cm³/mol. The maximum absolute atomic E-state index is 13.3. The number of anilines is 1. The summed E-state index contributed by atoms with van der Waals surface area (Å²) in [4.78, 5) is 4.13. The zero-order valence-electron chi connectivity index (χ0n) is 11.0. The molecule has 102 valence electrons. The fourth-order valence-electron chi connectivity index (χ4n) is 1.64. The van der Waals surface area contributed by atoms with Gasteiger partial charge in [-0.05, 0) is 18.1 Å². The lowest BCUT2D eigenvalue weighted by molar-refractivity contribution is 0.281. The molecule has 0 saturated carbocycles. The van der Waals surface area contributed by atoms with Gasteiger partial charge in [-0.1, -0.05) is 13.8 Å². The Labute approximate surface area is 111 Å². The monoisotopic (exact) mass is 264 g/mol. The predicted octanol–water partition coefficient (Wildman–Crippen LogP) is 2.23. The lowest BCUT2D eigenvalue weighted by Crippen LogP contribution is -2.12. The summed E-state index contributed by atoms with van der Waals surface area (Å²) in [6.45, 7) is 5.22. The van der Waals surface area contributed by atoms with E-state index in [0.717, 1.165) is 6.54 Å². The molecule has 2 N–H and O–H groups in total. The lowest BCUT2D eigenvalue weighted by Gasteiger charge is -2.10. The van der Waals surface area contributed by atoms with Crippen LogP contribution in [0.5, 0.6) is 5.75 Å². The third-order valence-electron chi connectivity index (χ3n) is 2.57. The Morgan fingerprint density at radius 3 is 2.89 bits per heavy atom. The first-order valence-electron chi connectivity index (χ1n) is 6.10. The number of hydrogen-bond donors (Lipinski definition) is 1. The van der Waals surface area contributed by atoms with Crippen molar-refractivity contribution in [2.45, 2.75) is 27.0 Å². The molecule has 0 bridgehead atoms. The van der Waals surface area contributed by atoms with Crippen LogP contribution in [0.4, 0.5) is 10.1 Å². The summed E-state index contributed by atoms with van der Waals surface area (Å²) in [6, 6.07) is 4.36. The summed E-state index contributed by atoms with van der Waals surface area (Å²) in [5, 5.41) is 4.13. The van der Waals surface area contributed by atoms with Crippen molar-refractivity contribution < 1.29 is 9.13 Å². The van der Waals surface area contributed by atoms with Gasteiger partial charge in [0, 0.05) is 12.6 Å². The largest absolute Gasteiger partial charge is 0.486 e. The zero-order chi connectivity index (χ0) is 13.8. The number of benzene rings is 1. The Kier molecular flexibility index (Phi) is 3.99. The van der Waals surface area contributed by atoms with E-state index in [4.69, 9.17) is 10.5 Å². The van der Waals surface area contributed by atoms with Crippen LogP contribution in [0.15, 0.2) is 24.5 Å².